The number of hydrogen-bond donors (Lipinski definition) is 3. The number of rotatable bonds is 7. The minimum atomic E-state index is -0.499. The molecular formula is C13H27N3O2. The number of alkyl carbamates (subject to hydrolysis) is 1. The number of carbonyl (C=O) groups is 1. The average Bonchev–Trinajstić information content (AvgIpc) is 2.21. The lowest BCUT2D eigenvalue weighted by atomic mass is 10.1. The Morgan fingerprint density at radius 3 is 2.56 bits per heavy atom. The summed E-state index contributed by atoms with van der Waals surface area (Å²) >= 11 is 0. The second-order valence-corrected chi connectivity index (χ2v) is 5.52. The van der Waals surface area contributed by atoms with Crippen LogP contribution in [-0.2, 0) is 4.74 Å². The summed E-state index contributed by atoms with van der Waals surface area (Å²) in [5.74, 6) is 0.989. The Kier molecular flexibility index (Phi) is 7.43. The first kappa shape index (κ1) is 16.8. The van der Waals surface area contributed by atoms with Gasteiger partial charge in [0.2, 0.25) is 0 Å². The highest BCUT2D eigenvalue weighted by atomic mass is 16.6. The van der Waals surface area contributed by atoms with Crippen molar-refractivity contribution in [1.82, 2.24) is 10.6 Å². The lowest BCUT2D eigenvalue weighted by Crippen LogP contribution is -2.36. The predicted molar refractivity (Wildman–Crippen MR) is 74.0 cm³/mol. The zero-order valence-electron chi connectivity index (χ0n) is 12.0. The molecule has 0 radical (unpaired) electrons. The van der Waals surface area contributed by atoms with E-state index in [2.05, 4.69) is 24.1 Å². The number of amides is 1. The molecular weight excluding hydrogens is 230 g/mol. The van der Waals surface area contributed by atoms with Gasteiger partial charge in [0.05, 0.1) is 0 Å². The molecule has 0 spiro atoms. The molecule has 0 bridgehead atoms. The van der Waals surface area contributed by atoms with Gasteiger partial charge in [-0.2, -0.15) is 0 Å². The molecule has 5 heteroatoms. The number of hydrogen-bond acceptors (Lipinski definition) is 4. The molecule has 0 unspecified atom stereocenters. The maximum atomic E-state index is 11.4. The zero-order valence-corrected chi connectivity index (χ0v) is 12.0. The highest BCUT2D eigenvalue weighted by Crippen LogP contribution is 2.06. The molecule has 0 rings (SSSR count). The smallest absolute Gasteiger partial charge is 0.413 e. The van der Waals surface area contributed by atoms with Gasteiger partial charge < -0.3 is 15.8 Å². The molecule has 0 aromatic heterocycles. The highest BCUT2D eigenvalue weighted by molar-refractivity contribution is 5.69. The van der Waals surface area contributed by atoms with E-state index in [4.69, 9.17) is 10.5 Å². The maximum Gasteiger partial charge on any atom is 0.413 e. The first-order valence-corrected chi connectivity index (χ1v) is 6.37. The molecule has 0 aliphatic rings. The first-order chi connectivity index (χ1) is 8.24. The van der Waals surface area contributed by atoms with Crippen molar-refractivity contribution in [3.8, 4) is 0 Å². The second-order valence-electron chi connectivity index (χ2n) is 5.52. The van der Waals surface area contributed by atoms with E-state index in [1.165, 1.54) is 0 Å². The van der Waals surface area contributed by atoms with Gasteiger partial charge >= 0.3 is 6.09 Å². The molecule has 0 aliphatic carbocycles. The summed E-state index contributed by atoms with van der Waals surface area (Å²) in [5.41, 5.74) is 5.03. The molecule has 1 atom stereocenters. The minimum Gasteiger partial charge on any atom is -0.444 e. The summed E-state index contributed by atoms with van der Waals surface area (Å²) in [6.45, 7) is 12.8. The Hall–Kier alpha value is -1.23. The van der Waals surface area contributed by atoms with Crippen molar-refractivity contribution >= 4 is 6.09 Å². The molecule has 0 saturated carbocycles. The predicted octanol–water partition coefficient (Wildman–Crippen LogP) is 1.95. The van der Waals surface area contributed by atoms with E-state index in [1.54, 1.807) is 0 Å². The van der Waals surface area contributed by atoms with Crippen molar-refractivity contribution in [1.29, 1.82) is 0 Å². The fraction of sp³-hybridized carbons (Fsp3) is 0.769. The third kappa shape index (κ3) is 9.96. The highest BCUT2D eigenvalue weighted by Gasteiger charge is 2.16. The van der Waals surface area contributed by atoms with Crippen LogP contribution in [0, 0.1) is 5.92 Å². The molecule has 18 heavy (non-hydrogen) atoms. The number of carbonyl (C=O) groups excluding carboxylic acids is 1. The number of nitrogens with two attached hydrogens (primary N) is 1. The van der Waals surface area contributed by atoms with Gasteiger partial charge in [-0.1, -0.05) is 13.5 Å². The summed E-state index contributed by atoms with van der Waals surface area (Å²) in [7, 11) is 0. The monoisotopic (exact) mass is 257 g/mol. The molecule has 1 amide bonds. The summed E-state index contributed by atoms with van der Waals surface area (Å²) in [6.07, 6.45) is 1.56. The third-order valence-corrected chi connectivity index (χ3v) is 2.27. The third-order valence-electron chi connectivity index (χ3n) is 2.27. The van der Waals surface area contributed by atoms with Crippen LogP contribution in [0.1, 0.15) is 40.5 Å². The molecule has 0 saturated heterocycles. The molecule has 0 heterocycles. The van der Waals surface area contributed by atoms with Gasteiger partial charge in [0.25, 0.3) is 0 Å². The van der Waals surface area contributed by atoms with Crippen LogP contribution in [0.3, 0.4) is 0 Å². The molecule has 4 N–H and O–H groups in total. The molecule has 0 aromatic carbocycles. The van der Waals surface area contributed by atoms with E-state index in [-0.39, 0.29) is 0 Å². The molecule has 0 aromatic rings. The van der Waals surface area contributed by atoms with Gasteiger partial charge in [0.1, 0.15) is 11.4 Å². The van der Waals surface area contributed by atoms with E-state index in [1.807, 2.05) is 20.8 Å². The van der Waals surface area contributed by atoms with E-state index in [0.29, 0.717) is 18.3 Å². The Bertz CT molecular complexity index is 272. The summed E-state index contributed by atoms with van der Waals surface area (Å²) in [5, 5.41) is 5.58. The Morgan fingerprint density at radius 1 is 1.44 bits per heavy atom. The topological polar surface area (TPSA) is 76.4 Å². The fourth-order valence-corrected chi connectivity index (χ4v) is 1.28. The molecule has 106 valence electrons. The maximum absolute atomic E-state index is 11.4. The van der Waals surface area contributed by atoms with Crippen molar-refractivity contribution in [3.05, 3.63) is 12.4 Å². The molecule has 0 fully saturated rings. The van der Waals surface area contributed by atoms with Gasteiger partial charge in [-0.3, -0.25) is 5.32 Å². The fourth-order valence-electron chi connectivity index (χ4n) is 1.28. The first-order valence-electron chi connectivity index (χ1n) is 6.37. The molecule has 5 nitrogen and oxygen atoms in total. The summed E-state index contributed by atoms with van der Waals surface area (Å²) in [4.78, 5) is 11.4. The van der Waals surface area contributed by atoms with Crippen molar-refractivity contribution in [2.45, 2.75) is 46.1 Å². The SMILES string of the molecule is C=C(NCCC[C@H](C)CN)NC(=O)OC(C)(C)C. The van der Waals surface area contributed by atoms with Crippen molar-refractivity contribution in [2.24, 2.45) is 11.7 Å². The van der Waals surface area contributed by atoms with Crippen LogP contribution in [-0.4, -0.2) is 24.8 Å². The van der Waals surface area contributed by atoms with Crippen LogP contribution >= 0.6 is 0 Å². The number of nitrogens with one attached hydrogen (secondary N) is 2. The van der Waals surface area contributed by atoms with Gasteiger partial charge in [0, 0.05) is 6.54 Å². The summed E-state index contributed by atoms with van der Waals surface area (Å²) in [6, 6.07) is 0. The quantitative estimate of drug-likeness (QED) is 0.609. The second kappa shape index (κ2) is 7.97. The van der Waals surface area contributed by atoms with Crippen LogP contribution in [0.25, 0.3) is 0 Å². The number of ether oxygens (including phenoxy) is 1. The van der Waals surface area contributed by atoms with E-state index >= 15 is 0 Å². The normalized spacial score (nSPS) is 12.7. The summed E-state index contributed by atoms with van der Waals surface area (Å²) < 4.78 is 5.10. The molecule has 0 aliphatic heterocycles. The Balaban J connectivity index is 3.69. The van der Waals surface area contributed by atoms with Gasteiger partial charge in [0.15, 0.2) is 0 Å². The largest absolute Gasteiger partial charge is 0.444 e. The van der Waals surface area contributed by atoms with Crippen molar-refractivity contribution in [2.75, 3.05) is 13.1 Å². The van der Waals surface area contributed by atoms with Gasteiger partial charge in [-0.25, -0.2) is 4.79 Å². The lowest BCUT2D eigenvalue weighted by molar-refractivity contribution is 0.0542. The Labute approximate surface area is 110 Å². The van der Waals surface area contributed by atoms with Crippen molar-refractivity contribution in [3.63, 3.8) is 0 Å². The minimum absolute atomic E-state index is 0.463. The van der Waals surface area contributed by atoms with Crippen LogP contribution in [0.2, 0.25) is 0 Å². The van der Waals surface area contributed by atoms with Gasteiger partial charge in [-0.15, -0.1) is 0 Å². The van der Waals surface area contributed by atoms with Crippen LogP contribution in [0.15, 0.2) is 12.4 Å². The van der Waals surface area contributed by atoms with Gasteiger partial charge in [-0.05, 0) is 46.1 Å². The van der Waals surface area contributed by atoms with Crippen molar-refractivity contribution < 1.29 is 9.53 Å². The average molecular weight is 257 g/mol. The van der Waals surface area contributed by atoms with Crippen LogP contribution in [0.5, 0.6) is 0 Å². The zero-order chi connectivity index (χ0) is 14.2. The van der Waals surface area contributed by atoms with Crippen LogP contribution in [0.4, 0.5) is 4.79 Å². The lowest BCUT2D eigenvalue weighted by Gasteiger charge is -2.20. The standard InChI is InChI=1S/C13H27N3O2/c1-10(9-14)7-6-8-15-11(2)16-12(17)18-13(3,4)5/h10,15H,2,6-9,14H2,1,3-5H3,(H,16,17)/t10-/m0/s1. The van der Waals surface area contributed by atoms with E-state index < -0.39 is 11.7 Å². The van der Waals surface area contributed by atoms with Crippen LogP contribution < -0.4 is 16.4 Å². The van der Waals surface area contributed by atoms with E-state index in [0.717, 1.165) is 19.4 Å². The Morgan fingerprint density at radius 2 is 2.06 bits per heavy atom. The van der Waals surface area contributed by atoms with E-state index in [9.17, 15) is 4.79 Å².